The first-order valence-corrected chi connectivity index (χ1v) is 5.47. The second-order valence-electron chi connectivity index (χ2n) is 3.61. The first-order valence-electron chi connectivity index (χ1n) is 4.59. The predicted octanol–water partition coefficient (Wildman–Crippen LogP) is 3.01. The van der Waals surface area contributed by atoms with Crippen LogP contribution in [0.25, 0.3) is 0 Å². The first kappa shape index (κ1) is 12.1. The molecule has 0 aromatic carbocycles. The summed E-state index contributed by atoms with van der Waals surface area (Å²) < 4.78 is 42.8. The van der Waals surface area contributed by atoms with Gasteiger partial charge in [0.25, 0.3) is 0 Å². The quantitative estimate of drug-likeness (QED) is 0.905. The third-order valence-electron chi connectivity index (χ3n) is 2.36. The van der Waals surface area contributed by atoms with Crippen molar-refractivity contribution in [3.8, 4) is 0 Å². The van der Waals surface area contributed by atoms with Crippen LogP contribution < -0.4 is 0 Å². The van der Waals surface area contributed by atoms with Crippen molar-refractivity contribution in [1.82, 2.24) is 4.98 Å². The van der Waals surface area contributed by atoms with Crippen molar-refractivity contribution in [3.05, 3.63) is 40.2 Å². The Morgan fingerprint density at radius 3 is 2.65 bits per heavy atom. The Kier molecular flexibility index (Phi) is 2.75. The van der Waals surface area contributed by atoms with Crippen LogP contribution in [-0.2, 0) is 11.8 Å². The zero-order valence-electron chi connectivity index (χ0n) is 8.65. The average molecular weight is 263 g/mol. The second kappa shape index (κ2) is 3.85. The number of thiazole rings is 1. The van der Waals surface area contributed by atoms with E-state index in [0.717, 1.165) is 16.8 Å². The van der Waals surface area contributed by atoms with Gasteiger partial charge >= 0.3 is 6.18 Å². The van der Waals surface area contributed by atoms with E-state index in [2.05, 4.69) is 4.98 Å². The Morgan fingerprint density at radius 2 is 2.12 bits per heavy atom. The standard InChI is InChI=1S/C10H8F3NO2S/c1-9(15,6-2-3-16-4-6)8-7(10(11,12)13)14-5-17-8/h2-5,15H,1H3. The minimum atomic E-state index is -4.58. The first-order chi connectivity index (χ1) is 7.83. The molecular formula is C10H8F3NO2S. The summed E-state index contributed by atoms with van der Waals surface area (Å²) in [6.45, 7) is 1.28. The van der Waals surface area contributed by atoms with Gasteiger partial charge in [0, 0.05) is 5.56 Å². The maximum Gasteiger partial charge on any atom is 0.434 e. The second-order valence-corrected chi connectivity index (χ2v) is 4.47. The van der Waals surface area contributed by atoms with Crippen molar-refractivity contribution >= 4 is 11.3 Å². The van der Waals surface area contributed by atoms with Crippen molar-refractivity contribution in [2.45, 2.75) is 18.7 Å². The molecule has 0 saturated carbocycles. The van der Waals surface area contributed by atoms with Gasteiger partial charge in [-0.25, -0.2) is 4.98 Å². The summed E-state index contributed by atoms with van der Waals surface area (Å²) in [5.41, 5.74) is -1.51. The van der Waals surface area contributed by atoms with Crippen LogP contribution in [0.5, 0.6) is 0 Å². The molecule has 0 spiro atoms. The van der Waals surface area contributed by atoms with Gasteiger partial charge in [-0.3, -0.25) is 0 Å². The lowest BCUT2D eigenvalue weighted by Crippen LogP contribution is -2.25. The lowest BCUT2D eigenvalue weighted by Gasteiger charge is -2.22. The lowest BCUT2D eigenvalue weighted by molar-refractivity contribution is -0.142. The van der Waals surface area contributed by atoms with Crippen molar-refractivity contribution in [2.75, 3.05) is 0 Å². The Balaban J connectivity index is 2.51. The van der Waals surface area contributed by atoms with E-state index in [0.29, 0.717) is 0 Å². The highest BCUT2D eigenvalue weighted by Gasteiger charge is 2.42. The van der Waals surface area contributed by atoms with Crippen LogP contribution in [0.4, 0.5) is 13.2 Å². The Bertz CT molecular complexity index is 502. The van der Waals surface area contributed by atoms with Crippen LogP contribution in [0.3, 0.4) is 0 Å². The van der Waals surface area contributed by atoms with Crippen molar-refractivity contribution in [1.29, 1.82) is 0 Å². The molecule has 2 aromatic heterocycles. The van der Waals surface area contributed by atoms with Gasteiger partial charge in [0.1, 0.15) is 5.60 Å². The van der Waals surface area contributed by atoms with E-state index in [1.165, 1.54) is 25.5 Å². The van der Waals surface area contributed by atoms with Crippen LogP contribution in [0.15, 0.2) is 28.5 Å². The molecule has 1 atom stereocenters. The van der Waals surface area contributed by atoms with Crippen LogP contribution in [-0.4, -0.2) is 10.1 Å². The van der Waals surface area contributed by atoms with E-state index < -0.39 is 17.5 Å². The highest BCUT2D eigenvalue weighted by Crippen LogP contribution is 2.41. The van der Waals surface area contributed by atoms with Crippen LogP contribution in [0.1, 0.15) is 23.1 Å². The van der Waals surface area contributed by atoms with Gasteiger partial charge in [0.2, 0.25) is 0 Å². The summed E-state index contributed by atoms with van der Waals surface area (Å²) in [5, 5.41) is 10.2. The number of aliphatic hydroxyl groups is 1. The topological polar surface area (TPSA) is 46.3 Å². The van der Waals surface area contributed by atoms with Gasteiger partial charge < -0.3 is 9.52 Å². The number of rotatable bonds is 2. The summed E-state index contributed by atoms with van der Waals surface area (Å²) in [7, 11) is 0. The molecule has 2 aromatic rings. The van der Waals surface area contributed by atoms with Gasteiger partial charge in [-0.05, 0) is 13.0 Å². The summed E-state index contributed by atoms with van der Waals surface area (Å²) in [6, 6.07) is 1.42. The van der Waals surface area contributed by atoms with E-state index in [1.54, 1.807) is 0 Å². The molecule has 0 aliphatic heterocycles. The molecule has 7 heteroatoms. The maximum absolute atomic E-state index is 12.7. The number of alkyl halides is 3. The molecule has 0 amide bonds. The van der Waals surface area contributed by atoms with E-state index in [4.69, 9.17) is 4.42 Å². The number of nitrogens with zero attached hydrogens (tertiary/aromatic N) is 1. The number of halogens is 3. The minimum absolute atomic E-state index is 0.244. The molecule has 1 unspecified atom stereocenters. The van der Waals surface area contributed by atoms with Gasteiger partial charge in [-0.1, -0.05) is 0 Å². The molecule has 3 nitrogen and oxygen atoms in total. The fourth-order valence-corrected chi connectivity index (χ4v) is 2.36. The Morgan fingerprint density at radius 1 is 1.41 bits per heavy atom. The van der Waals surface area contributed by atoms with E-state index in [1.807, 2.05) is 0 Å². The largest absolute Gasteiger partial charge is 0.472 e. The molecule has 2 rings (SSSR count). The molecule has 1 N–H and O–H groups in total. The summed E-state index contributed by atoms with van der Waals surface area (Å²) in [5.74, 6) is 0. The monoisotopic (exact) mass is 263 g/mol. The van der Waals surface area contributed by atoms with E-state index in [9.17, 15) is 18.3 Å². The highest BCUT2D eigenvalue weighted by molar-refractivity contribution is 7.10. The van der Waals surface area contributed by atoms with Gasteiger partial charge in [0.15, 0.2) is 5.69 Å². The highest BCUT2D eigenvalue weighted by atomic mass is 32.1. The summed E-state index contributed by atoms with van der Waals surface area (Å²) in [4.78, 5) is 3.02. The molecule has 17 heavy (non-hydrogen) atoms. The number of aromatic nitrogens is 1. The smallest absolute Gasteiger partial charge is 0.434 e. The average Bonchev–Trinajstić information content (AvgIpc) is 2.89. The molecule has 0 radical (unpaired) electrons. The summed E-state index contributed by atoms with van der Waals surface area (Å²) >= 11 is 0.759. The van der Waals surface area contributed by atoms with E-state index >= 15 is 0 Å². The Hall–Kier alpha value is -1.34. The molecule has 0 bridgehead atoms. The Labute approximate surface area is 98.5 Å². The van der Waals surface area contributed by atoms with Crippen molar-refractivity contribution in [2.24, 2.45) is 0 Å². The zero-order chi connectivity index (χ0) is 12.7. The molecule has 0 aliphatic carbocycles. The SMILES string of the molecule is CC(O)(c1ccoc1)c1scnc1C(F)(F)F. The third-order valence-corrected chi connectivity index (χ3v) is 3.40. The summed E-state index contributed by atoms with van der Waals surface area (Å²) in [6.07, 6.45) is -2.08. The number of hydrogen-bond acceptors (Lipinski definition) is 4. The molecule has 0 fully saturated rings. The van der Waals surface area contributed by atoms with Crippen molar-refractivity contribution in [3.63, 3.8) is 0 Å². The normalized spacial score (nSPS) is 15.8. The van der Waals surface area contributed by atoms with Gasteiger partial charge in [0.05, 0.1) is 22.9 Å². The third kappa shape index (κ3) is 2.07. The fourth-order valence-electron chi connectivity index (χ4n) is 1.47. The minimum Gasteiger partial charge on any atom is -0.472 e. The van der Waals surface area contributed by atoms with Crippen molar-refractivity contribution < 1.29 is 22.7 Å². The molecule has 0 aliphatic rings. The lowest BCUT2D eigenvalue weighted by atomic mass is 9.96. The van der Waals surface area contributed by atoms with Crippen LogP contribution in [0, 0.1) is 0 Å². The maximum atomic E-state index is 12.7. The molecular weight excluding hydrogens is 255 g/mol. The van der Waals surface area contributed by atoms with Crippen LogP contribution in [0.2, 0.25) is 0 Å². The van der Waals surface area contributed by atoms with Gasteiger partial charge in [-0.15, -0.1) is 11.3 Å². The predicted molar refractivity (Wildman–Crippen MR) is 54.5 cm³/mol. The molecule has 92 valence electrons. The molecule has 0 saturated heterocycles. The fraction of sp³-hybridized carbons (Fsp3) is 0.300. The number of furan rings is 1. The van der Waals surface area contributed by atoms with E-state index in [-0.39, 0.29) is 10.4 Å². The molecule has 2 heterocycles. The van der Waals surface area contributed by atoms with Gasteiger partial charge in [-0.2, -0.15) is 13.2 Å². The number of hydrogen-bond donors (Lipinski definition) is 1. The van der Waals surface area contributed by atoms with Crippen LogP contribution >= 0.6 is 11.3 Å². The zero-order valence-corrected chi connectivity index (χ0v) is 9.47.